The summed E-state index contributed by atoms with van der Waals surface area (Å²) in [7, 11) is 1.75. The first-order valence-corrected chi connectivity index (χ1v) is 10.2. The topological polar surface area (TPSA) is 95.9 Å². The van der Waals surface area contributed by atoms with Gasteiger partial charge >= 0.3 is 0 Å². The van der Waals surface area contributed by atoms with E-state index < -0.39 is 5.91 Å². The van der Waals surface area contributed by atoms with Crippen LogP contribution in [0.2, 0.25) is 0 Å². The molecular formula is C20H26BrN5O2. The Bertz CT molecular complexity index is 810. The molecule has 150 valence electrons. The fraction of sp³-hybridized carbons (Fsp3) is 0.400. The fourth-order valence-electron chi connectivity index (χ4n) is 3.25. The molecule has 1 fully saturated rings. The normalized spacial score (nSPS) is 16.1. The van der Waals surface area contributed by atoms with Crippen LogP contribution in [0.5, 0.6) is 0 Å². The monoisotopic (exact) mass is 447 g/mol. The second kappa shape index (κ2) is 9.75. The van der Waals surface area contributed by atoms with Crippen molar-refractivity contribution in [3.05, 3.63) is 58.0 Å². The van der Waals surface area contributed by atoms with Crippen molar-refractivity contribution in [1.82, 2.24) is 15.5 Å². The van der Waals surface area contributed by atoms with Crippen LogP contribution in [0.1, 0.15) is 34.7 Å². The maximum Gasteiger partial charge on any atom is 0.284 e. The second-order valence-corrected chi connectivity index (χ2v) is 7.79. The number of carbonyl (C=O) groups excluding carboxylic acids is 1. The van der Waals surface area contributed by atoms with E-state index in [2.05, 4.69) is 60.7 Å². The Hall–Kier alpha value is -2.32. The van der Waals surface area contributed by atoms with Gasteiger partial charge in [0, 0.05) is 37.2 Å². The molecule has 1 aromatic heterocycles. The molecule has 7 nitrogen and oxygen atoms in total. The summed E-state index contributed by atoms with van der Waals surface area (Å²) < 4.78 is 6.49. The number of furan rings is 1. The van der Waals surface area contributed by atoms with Crippen LogP contribution in [-0.4, -0.2) is 42.9 Å². The summed E-state index contributed by atoms with van der Waals surface area (Å²) >= 11 is 3.48. The number of rotatable bonds is 6. The van der Waals surface area contributed by atoms with E-state index in [0.717, 1.165) is 42.9 Å². The van der Waals surface area contributed by atoms with Crippen molar-refractivity contribution in [2.45, 2.75) is 32.0 Å². The molecule has 0 saturated carbocycles. The molecule has 1 aliphatic heterocycles. The van der Waals surface area contributed by atoms with Crippen LogP contribution in [0.15, 0.2) is 50.3 Å². The molecule has 4 N–H and O–H groups in total. The van der Waals surface area contributed by atoms with Crippen molar-refractivity contribution in [2.24, 2.45) is 10.7 Å². The van der Waals surface area contributed by atoms with Gasteiger partial charge in [-0.3, -0.25) is 14.7 Å². The zero-order valence-electron chi connectivity index (χ0n) is 16.0. The van der Waals surface area contributed by atoms with E-state index in [9.17, 15) is 4.79 Å². The average Bonchev–Trinajstić information content (AvgIpc) is 3.18. The van der Waals surface area contributed by atoms with Gasteiger partial charge in [0.15, 0.2) is 11.7 Å². The highest BCUT2D eigenvalue weighted by Gasteiger charge is 2.20. The SMILES string of the molecule is CN=C(NCc1ccc(C(N)=O)o1)NC1CCN(Cc2ccc(Br)cc2)CC1. The number of guanidine groups is 1. The van der Waals surface area contributed by atoms with Gasteiger partial charge in [0.2, 0.25) is 0 Å². The van der Waals surface area contributed by atoms with Crippen molar-refractivity contribution in [1.29, 1.82) is 0 Å². The number of benzene rings is 1. The lowest BCUT2D eigenvalue weighted by Crippen LogP contribution is -2.48. The summed E-state index contributed by atoms with van der Waals surface area (Å²) in [6.07, 6.45) is 2.12. The van der Waals surface area contributed by atoms with Crippen LogP contribution in [0.25, 0.3) is 0 Å². The molecule has 0 atom stereocenters. The number of piperidine rings is 1. The molecular weight excluding hydrogens is 422 g/mol. The summed E-state index contributed by atoms with van der Waals surface area (Å²) in [5.74, 6) is 0.964. The van der Waals surface area contributed by atoms with E-state index in [0.29, 0.717) is 18.3 Å². The predicted molar refractivity (Wildman–Crippen MR) is 113 cm³/mol. The molecule has 1 aromatic carbocycles. The highest BCUT2D eigenvalue weighted by molar-refractivity contribution is 9.10. The van der Waals surface area contributed by atoms with Crippen LogP contribution < -0.4 is 16.4 Å². The molecule has 28 heavy (non-hydrogen) atoms. The van der Waals surface area contributed by atoms with Gasteiger partial charge in [0.1, 0.15) is 5.76 Å². The largest absolute Gasteiger partial charge is 0.454 e. The molecule has 2 heterocycles. The van der Waals surface area contributed by atoms with E-state index in [1.54, 1.807) is 19.2 Å². The molecule has 1 aliphatic rings. The van der Waals surface area contributed by atoms with Crippen LogP contribution >= 0.6 is 15.9 Å². The number of hydrogen-bond donors (Lipinski definition) is 3. The molecule has 1 saturated heterocycles. The summed E-state index contributed by atoms with van der Waals surface area (Å²) in [5.41, 5.74) is 6.54. The molecule has 3 rings (SSSR count). The third kappa shape index (κ3) is 5.84. The smallest absolute Gasteiger partial charge is 0.284 e. The predicted octanol–water partition coefficient (Wildman–Crippen LogP) is 2.47. The highest BCUT2D eigenvalue weighted by atomic mass is 79.9. The van der Waals surface area contributed by atoms with Gasteiger partial charge in [-0.25, -0.2) is 0 Å². The first-order valence-electron chi connectivity index (χ1n) is 9.36. The van der Waals surface area contributed by atoms with E-state index in [1.807, 2.05) is 0 Å². The lowest BCUT2D eigenvalue weighted by atomic mass is 10.0. The number of nitrogens with zero attached hydrogens (tertiary/aromatic N) is 2. The number of nitrogens with one attached hydrogen (secondary N) is 2. The molecule has 0 bridgehead atoms. The zero-order chi connectivity index (χ0) is 19.9. The van der Waals surface area contributed by atoms with Gasteiger partial charge in [0.05, 0.1) is 6.54 Å². The van der Waals surface area contributed by atoms with Crippen molar-refractivity contribution >= 4 is 27.8 Å². The summed E-state index contributed by atoms with van der Waals surface area (Å²) in [4.78, 5) is 17.8. The third-order valence-corrected chi connectivity index (χ3v) is 5.33. The molecule has 0 spiro atoms. The minimum atomic E-state index is -0.566. The molecule has 0 radical (unpaired) electrons. The van der Waals surface area contributed by atoms with E-state index in [4.69, 9.17) is 10.2 Å². The van der Waals surface area contributed by atoms with Crippen LogP contribution in [-0.2, 0) is 13.1 Å². The number of likely N-dealkylation sites (tertiary alicyclic amines) is 1. The van der Waals surface area contributed by atoms with Crippen molar-refractivity contribution in [3.8, 4) is 0 Å². The molecule has 0 aliphatic carbocycles. The second-order valence-electron chi connectivity index (χ2n) is 6.88. The Morgan fingerprint density at radius 3 is 2.57 bits per heavy atom. The van der Waals surface area contributed by atoms with Gasteiger partial charge in [-0.2, -0.15) is 0 Å². The Balaban J connectivity index is 1.42. The number of carbonyl (C=O) groups is 1. The minimum Gasteiger partial charge on any atom is -0.454 e. The van der Waals surface area contributed by atoms with E-state index in [1.165, 1.54) is 5.56 Å². The molecule has 8 heteroatoms. The maximum absolute atomic E-state index is 11.1. The summed E-state index contributed by atoms with van der Waals surface area (Å²) in [5, 5.41) is 6.69. The van der Waals surface area contributed by atoms with Crippen molar-refractivity contribution in [3.63, 3.8) is 0 Å². The Labute approximate surface area is 173 Å². The Morgan fingerprint density at radius 1 is 1.25 bits per heavy atom. The molecule has 1 amide bonds. The zero-order valence-corrected chi connectivity index (χ0v) is 17.5. The summed E-state index contributed by atoms with van der Waals surface area (Å²) in [6.45, 7) is 3.51. The minimum absolute atomic E-state index is 0.165. The van der Waals surface area contributed by atoms with Gasteiger partial charge in [0.25, 0.3) is 5.91 Å². The fourth-order valence-corrected chi connectivity index (χ4v) is 3.51. The van der Waals surface area contributed by atoms with Crippen LogP contribution in [0.3, 0.4) is 0 Å². The maximum atomic E-state index is 11.1. The standard InChI is InChI=1S/C20H26BrN5O2/c1-23-20(24-12-17-6-7-18(28-17)19(22)27)25-16-8-10-26(11-9-16)13-14-2-4-15(21)5-3-14/h2-7,16H,8-13H2,1H3,(H2,22,27)(H2,23,24,25). The first-order chi connectivity index (χ1) is 13.5. The van der Waals surface area contributed by atoms with Gasteiger partial charge in [-0.05, 0) is 42.7 Å². The quantitative estimate of drug-likeness (QED) is 0.466. The van der Waals surface area contributed by atoms with E-state index >= 15 is 0 Å². The van der Waals surface area contributed by atoms with E-state index in [-0.39, 0.29) is 5.76 Å². The van der Waals surface area contributed by atoms with Crippen molar-refractivity contribution in [2.75, 3.05) is 20.1 Å². The van der Waals surface area contributed by atoms with Crippen LogP contribution in [0, 0.1) is 0 Å². The highest BCUT2D eigenvalue weighted by Crippen LogP contribution is 2.16. The number of aliphatic imine (C=N–C) groups is 1. The summed E-state index contributed by atoms with van der Waals surface area (Å²) in [6, 6.07) is 12.2. The van der Waals surface area contributed by atoms with Gasteiger partial charge in [-0.1, -0.05) is 28.1 Å². The molecule has 0 unspecified atom stereocenters. The Morgan fingerprint density at radius 2 is 1.96 bits per heavy atom. The number of halogens is 1. The third-order valence-electron chi connectivity index (χ3n) is 4.81. The first kappa shape index (κ1) is 20.4. The molecule has 2 aromatic rings. The number of primary amides is 1. The number of amides is 1. The Kier molecular flexibility index (Phi) is 7.11. The number of hydrogen-bond acceptors (Lipinski definition) is 4. The van der Waals surface area contributed by atoms with Crippen molar-refractivity contribution < 1.29 is 9.21 Å². The average molecular weight is 448 g/mol. The van der Waals surface area contributed by atoms with Crippen LogP contribution in [0.4, 0.5) is 0 Å². The lowest BCUT2D eigenvalue weighted by Gasteiger charge is -2.33. The van der Waals surface area contributed by atoms with Gasteiger partial charge < -0.3 is 20.8 Å². The lowest BCUT2D eigenvalue weighted by molar-refractivity contribution is 0.0972. The van der Waals surface area contributed by atoms with Gasteiger partial charge in [-0.15, -0.1) is 0 Å². The number of nitrogens with two attached hydrogens (primary N) is 1.